The van der Waals surface area contributed by atoms with Gasteiger partial charge in [-0.2, -0.15) is 5.10 Å². The smallest absolute Gasteiger partial charge is 0.253 e. The highest BCUT2D eigenvalue weighted by atomic mass is 32.1. The Morgan fingerprint density at radius 1 is 1.22 bits per heavy atom. The van der Waals surface area contributed by atoms with E-state index in [2.05, 4.69) is 25.5 Å². The number of hydrogen-bond acceptors (Lipinski definition) is 6. The summed E-state index contributed by atoms with van der Waals surface area (Å²) >= 11 is 1.65. The van der Waals surface area contributed by atoms with E-state index < -0.39 is 0 Å². The van der Waals surface area contributed by atoms with Gasteiger partial charge in [0.2, 0.25) is 5.91 Å². The highest BCUT2D eigenvalue weighted by Crippen LogP contribution is 2.32. The van der Waals surface area contributed by atoms with Crippen LogP contribution < -0.4 is 10.2 Å². The minimum absolute atomic E-state index is 0.0593. The van der Waals surface area contributed by atoms with Crippen molar-refractivity contribution in [3.8, 4) is 10.6 Å². The molecule has 166 valence electrons. The lowest BCUT2D eigenvalue weighted by Crippen LogP contribution is -2.32. The van der Waals surface area contributed by atoms with Crippen molar-refractivity contribution in [1.29, 1.82) is 0 Å². The van der Waals surface area contributed by atoms with Crippen LogP contribution >= 0.6 is 11.3 Å². The van der Waals surface area contributed by atoms with Crippen LogP contribution in [-0.2, 0) is 4.79 Å². The fourth-order valence-corrected chi connectivity index (χ4v) is 4.35. The molecule has 4 aromatic heterocycles. The van der Waals surface area contributed by atoms with Crippen molar-refractivity contribution in [2.75, 3.05) is 11.9 Å². The molecule has 0 spiro atoms. The van der Waals surface area contributed by atoms with E-state index in [1.54, 1.807) is 41.7 Å². The van der Waals surface area contributed by atoms with E-state index in [0.29, 0.717) is 22.7 Å². The van der Waals surface area contributed by atoms with Crippen LogP contribution in [0.5, 0.6) is 0 Å². The number of rotatable bonds is 6. The molecule has 4 heterocycles. The van der Waals surface area contributed by atoms with Gasteiger partial charge in [0.1, 0.15) is 12.2 Å². The van der Waals surface area contributed by atoms with E-state index in [4.69, 9.17) is 0 Å². The van der Waals surface area contributed by atoms with Crippen molar-refractivity contribution < 1.29 is 9.59 Å². The van der Waals surface area contributed by atoms with Gasteiger partial charge in [-0.25, -0.2) is 9.97 Å². The number of amides is 2. The van der Waals surface area contributed by atoms with E-state index in [1.807, 2.05) is 44.2 Å². The Morgan fingerprint density at radius 2 is 2.00 bits per heavy atom. The van der Waals surface area contributed by atoms with Crippen LogP contribution in [0.4, 0.5) is 5.69 Å². The number of hydrogen-bond donors (Lipinski definition) is 2. The molecule has 0 saturated heterocycles. The number of carbonyl (C=O) groups excluding carboxylic acids is 2. The molecule has 1 atom stereocenters. The summed E-state index contributed by atoms with van der Waals surface area (Å²) in [7, 11) is 1.71. The highest BCUT2D eigenvalue weighted by molar-refractivity contribution is 7.15. The molecule has 0 radical (unpaired) electrons. The lowest BCUT2D eigenvalue weighted by molar-refractivity contribution is -0.121. The Kier molecular flexibility index (Phi) is 5.79. The van der Waals surface area contributed by atoms with Crippen LogP contribution in [0.25, 0.3) is 16.2 Å². The fraction of sp³-hybridized carbons (Fsp3) is 0.318. The van der Waals surface area contributed by atoms with Crippen LogP contribution in [0, 0.1) is 12.8 Å². The van der Waals surface area contributed by atoms with E-state index >= 15 is 0 Å². The molecular formula is C22H25N7O2S. The summed E-state index contributed by atoms with van der Waals surface area (Å²) in [6.07, 6.45) is 4.93. The summed E-state index contributed by atoms with van der Waals surface area (Å²) in [4.78, 5) is 38.4. The summed E-state index contributed by atoms with van der Waals surface area (Å²) < 4.78 is 1.87. The van der Waals surface area contributed by atoms with Crippen molar-refractivity contribution in [3.05, 3.63) is 53.2 Å². The molecule has 2 amide bonds. The normalized spacial score (nSPS) is 12.3. The minimum Gasteiger partial charge on any atom is -0.342 e. The molecule has 4 aromatic rings. The highest BCUT2D eigenvalue weighted by Gasteiger charge is 2.23. The molecule has 0 aliphatic carbocycles. The molecule has 2 N–H and O–H groups in total. The van der Waals surface area contributed by atoms with Gasteiger partial charge in [-0.15, -0.1) is 11.3 Å². The Bertz CT molecular complexity index is 1270. The molecule has 0 saturated carbocycles. The molecule has 9 nitrogen and oxygen atoms in total. The van der Waals surface area contributed by atoms with Gasteiger partial charge in [-0.05, 0) is 32.0 Å². The maximum atomic E-state index is 13.1. The minimum atomic E-state index is -0.360. The average molecular weight is 452 g/mol. The summed E-state index contributed by atoms with van der Waals surface area (Å²) in [5.41, 5.74) is 2.46. The topological polar surface area (TPSA) is 108 Å². The predicted octanol–water partition coefficient (Wildman–Crippen LogP) is 3.60. The molecule has 1 unspecified atom stereocenters. The van der Waals surface area contributed by atoms with E-state index in [0.717, 1.165) is 10.6 Å². The Hall–Kier alpha value is -3.53. The van der Waals surface area contributed by atoms with Gasteiger partial charge in [0, 0.05) is 24.0 Å². The zero-order chi connectivity index (χ0) is 23.0. The van der Waals surface area contributed by atoms with Crippen molar-refractivity contribution in [3.63, 3.8) is 0 Å². The van der Waals surface area contributed by atoms with Gasteiger partial charge >= 0.3 is 0 Å². The van der Waals surface area contributed by atoms with Gasteiger partial charge in [-0.1, -0.05) is 13.8 Å². The first kappa shape index (κ1) is 21.7. The monoisotopic (exact) mass is 451 g/mol. The first-order valence-corrected chi connectivity index (χ1v) is 11.1. The molecule has 0 aliphatic rings. The number of aryl methyl sites for hydroxylation is 1. The van der Waals surface area contributed by atoms with Crippen LogP contribution in [0.1, 0.15) is 47.9 Å². The largest absolute Gasteiger partial charge is 0.342 e. The SMILES string of the molecule is Cc1ccc(-c2cnc3c(N(C)C(=O)C(C)C)cc(C(=O)NC(C)c4ncn[nH]4)cn23)s1. The molecule has 0 aromatic carbocycles. The van der Waals surface area contributed by atoms with Gasteiger partial charge in [0.25, 0.3) is 5.91 Å². The van der Waals surface area contributed by atoms with Crippen molar-refractivity contribution in [1.82, 2.24) is 29.9 Å². The van der Waals surface area contributed by atoms with Crippen molar-refractivity contribution in [2.24, 2.45) is 5.92 Å². The predicted molar refractivity (Wildman–Crippen MR) is 124 cm³/mol. The number of anilines is 1. The van der Waals surface area contributed by atoms with Gasteiger partial charge in [0.05, 0.1) is 34.1 Å². The Labute approximate surface area is 189 Å². The number of aromatic nitrogens is 5. The lowest BCUT2D eigenvalue weighted by Gasteiger charge is -2.21. The van der Waals surface area contributed by atoms with Crippen molar-refractivity contribution in [2.45, 2.75) is 33.7 Å². The number of pyridine rings is 1. The molecule has 0 bridgehead atoms. The van der Waals surface area contributed by atoms with E-state index in [1.165, 1.54) is 11.2 Å². The van der Waals surface area contributed by atoms with Crippen LogP contribution in [0.15, 0.2) is 36.9 Å². The average Bonchev–Trinajstić information content (AvgIpc) is 3.52. The maximum Gasteiger partial charge on any atom is 0.253 e. The third-order valence-electron chi connectivity index (χ3n) is 5.22. The van der Waals surface area contributed by atoms with E-state index in [9.17, 15) is 9.59 Å². The number of imidazole rings is 1. The lowest BCUT2D eigenvalue weighted by atomic mass is 10.1. The molecule has 0 fully saturated rings. The summed E-state index contributed by atoms with van der Waals surface area (Å²) in [6.45, 7) is 7.55. The zero-order valence-electron chi connectivity index (χ0n) is 18.6. The first-order valence-electron chi connectivity index (χ1n) is 10.3. The maximum absolute atomic E-state index is 13.1. The molecule has 4 rings (SSSR count). The number of aromatic amines is 1. The molecule has 10 heteroatoms. The van der Waals surface area contributed by atoms with Gasteiger partial charge in [0.15, 0.2) is 5.65 Å². The van der Waals surface area contributed by atoms with Crippen molar-refractivity contribution >= 4 is 34.5 Å². The van der Waals surface area contributed by atoms with Crippen LogP contribution in [0.2, 0.25) is 0 Å². The van der Waals surface area contributed by atoms with Gasteiger partial charge < -0.3 is 10.2 Å². The molecule has 0 aliphatic heterocycles. The number of nitrogens with one attached hydrogen (secondary N) is 2. The standard InChI is InChI=1S/C22H25N7O2S/c1-12(2)22(31)28(5)16-8-15(21(30)26-14(4)19-24-11-25-27-19)10-29-17(9-23-20(16)29)18-7-6-13(3)32-18/h6-12,14H,1-5H3,(H,26,30)(H,24,25,27). The Balaban J connectivity index is 1.81. The second-order valence-corrected chi connectivity index (χ2v) is 9.27. The van der Waals surface area contributed by atoms with Crippen LogP contribution in [-0.4, -0.2) is 43.4 Å². The third-order valence-corrected chi connectivity index (χ3v) is 6.24. The zero-order valence-corrected chi connectivity index (χ0v) is 19.4. The van der Waals surface area contributed by atoms with Gasteiger partial charge in [-0.3, -0.25) is 19.1 Å². The number of H-pyrrole nitrogens is 1. The summed E-state index contributed by atoms with van der Waals surface area (Å²) in [6, 6.07) is 5.42. The molecule has 32 heavy (non-hydrogen) atoms. The quantitative estimate of drug-likeness (QED) is 0.466. The Morgan fingerprint density at radius 3 is 2.62 bits per heavy atom. The summed E-state index contributed by atoms with van der Waals surface area (Å²) in [5, 5.41) is 9.53. The summed E-state index contributed by atoms with van der Waals surface area (Å²) in [5.74, 6) is 0.0166. The second kappa shape index (κ2) is 8.54. The number of thiophene rings is 1. The first-order chi connectivity index (χ1) is 15.3. The second-order valence-electron chi connectivity index (χ2n) is 7.98. The number of carbonyl (C=O) groups is 2. The number of nitrogens with zero attached hydrogens (tertiary/aromatic N) is 5. The fourth-order valence-electron chi connectivity index (χ4n) is 3.47. The molecular weight excluding hydrogens is 426 g/mol. The number of fused-ring (bicyclic) bond motifs is 1. The van der Waals surface area contributed by atoms with Crippen LogP contribution in [0.3, 0.4) is 0 Å². The van der Waals surface area contributed by atoms with E-state index in [-0.39, 0.29) is 23.8 Å². The third kappa shape index (κ3) is 4.01.